The molecule has 0 saturated heterocycles. The van der Waals surface area contributed by atoms with E-state index >= 15 is 0 Å². The zero-order valence-electron chi connectivity index (χ0n) is 9.72. The molecule has 6 heteroatoms. The fourth-order valence-electron chi connectivity index (χ4n) is 1.40. The number of nitrogens with zero attached hydrogens (tertiary/aromatic N) is 3. The van der Waals surface area contributed by atoms with Crippen molar-refractivity contribution in [2.45, 2.75) is 32.2 Å². The quantitative estimate of drug-likeness (QED) is 0.692. The van der Waals surface area contributed by atoms with Gasteiger partial charge in [-0.2, -0.15) is 0 Å². The maximum Gasteiger partial charge on any atom is 0.305 e. The van der Waals surface area contributed by atoms with Gasteiger partial charge in [0.2, 0.25) is 0 Å². The molecule has 1 aromatic rings. The second kappa shape index (κ2) is 6.22. The van der Waals surface area contributed by atoms with Crippen LogP contribution in [-0.4, -0.2) is 33.6 Å². The Morgan fingerprint density at radius 3 is 3.00 bits per heavy atom. The molecular formula is C10H18N4O2. The molecular weight excluding hydrogens is 208 g/mol. The van der Waals surface area contributed by atoms with Crippen molar-refractivity contribution in [2.75, 3.05) is 6.61 Å². The van der Waals surface area contributed by atoms with E-state index in [0.29, 0.717) is 25.9 Å². The Labute approximate surface area is 94.8 Å². The van der Waals surface area contributed by atoms with Gasteiger partial charge in [0.15, 0.2) is 0 Å². The topological polar surface area (TPSA) is 83.0 Å². The molecule has 90 valence electrons. The summed E-state index contributed by atoms with van der Waals surface area (Å²) in [5, 5.41) is 7.75. The highest BCUT2D eigenvalue weighted by Crippen LogP contribution is 2.03. The van der Waals surface area contributed by atoms with Gasteiger partial charge < -0.3 is 10.5 Å². The SMILES string of the molecule is CCOC(=O)CCC(N)Cc1cn(C)nn1. The molecule has 1 rings (SSSR count). The lowest BCUT2D eigenvalue weighted by molar-refractivity contribution is -0.143. The van der Waals surface area contributed by atoms with Gasteiger partial charge in [-0.15, -0.1) is 5.10 Å². The summed E-state index contributed by atoms with van der Waals surface area (Å²) < 4.78 is 6.45. The monoisotopic (exact) mass is 226 g/mol. The van der Waals surface area contributed by atoms with Gasteiger partial charge in [-0.1, -0.05) is 5.21 Å². The average molecular weight is 226 g/mol. The number of hydrogen-bond donors (Lipinski definition) is 1. The summed E-state index contributed by atoms with van der Waals surface area (Å²) in [6, 6.07) is -0.0823. The van der Waals surface area contributed by atoms with Crippen LogP contribution in [0.15, 0.2) is 6.20 Å². The molecule has 6 nitrogen and oxygen atoms in total. The molecule has 0 amide bonds. The number of aryl methyl sites for hydroxylation is 1. The second-order valence-corrected chi connectivity index (χ2v) is 3.69. The largest absolute Gasteiger partial charge is 0.466 e. The molecule has 1 atom stereocenters. The molecule has 1 unspecified atom stereocenters. The zero-order chi connectivity index (χ0) is 12.0. The van der Waals surface area contributed by atoms with Gasteiger partial charge in [0.25, 0.3) is 0 Å². The van der Waals surface area contributed by atoms with Crippen molar-refractivity contribution in [1.82, 2.24) is 15.0 Å². The van der Waals surface area contributed by atoms with E-state index in [4.69, 9.17) is 10.5 Å². The van der Waals surface area contributed by atoms with E-state index in [1.165, 1.54) is 0 Å². The van der Waals surface area contributed by atoms with Crippen LogP contribution in [0, 0.1) is 0 Å². The molecule has 0 bridgehead atoms. The number of carbonyl (C=O) groups is 1. The van der Waals surface area contributed by atoms with Crippen LogP contribution in [-0.2, 0) is 23.0 Å². The van der Waals surface area contributed by atoms with Crippen LogP contribution >= 0.6 is 0 Å². The number of aromatic nitrogens is 3. The number of esters is 1. The minimum atomic E-state index is -0.197. The zero-order valence-corrected chi connectivity index (χ0v) is 9.72. The molecule has 1 heterocycles. The van der Waals surface area contributed by atoms with Crippen molar-refractivity contribution >= 4 is 5.97 Å². The van der Waals surface area contributed by atoms with Gasteiger partial charge in [-0.05, 0) is 13.3 Å². The summed E-state index contributed by atoms with van der Waals surface area (Å²) in [5.41, 5.74) is 6.72. The smallest absolute Gasteiger partial charge is 0.305 e. The van der Waals surface area contributed by atoms with Gasteiger partial charge in [0.1, 0.15) is 0 Å². The Morgan fingerprint density at radius 2 is 2.44 bits per heavy atom. The summed E-state index contributed by atoms with van der Waals surface area (Å²) in [6.07, 6.45) is 3.42. The Hall–Kier alpha value is -1.43. The van der Waals surface area contributed by atoms with Crippen LogP contribution in [0.1, 0.15) is 25.5 Å². The number of hydrogen-bond acceptors (Lipinski definition) is 5. The van der Waals surface area contributed by atoms with Crippen molar-refractivity contribution < 1.29 is 9.53 Å². The predicted octanol–water partition coefficient (Wildman–Crippen LogP) is 0.0282. The minimum absolute atomic E-state index is 0.0823. The standard InChI is InChI=1S/C10H18N4O2/c1-3-16-10(15)5-4-8(11)6-9-7-14(2)13-12-9/h7-8H,3-6,11H2,1-2H3. The van der Waals surface area contributed by atoms with E-state index in [0.717, 1.165) is 5.69 Å². The molecule has 0 aliphatic heterocycles. The highest BCUT2D eigenvalue weighted by atomic mass is 16.5. The van der Waals surface area contributed by atoms with E-state index in [2.05, 4.69) is 10.3 Å². The molecule has 0 spiro atoms. The normalized spacial score (nSPS) is 12.4. The molecule has 0 radical (unpaired) electrons. The molecule has 0 saturated carbocycles. The summed E-state index contributed by atoms with van der Waals surface area (Å²) in [7, 11) is 1.81. The Morgan fingerprint density at radius 1 is 1.69 bits per heavy atom. The van der Waals surface area contributed by atoms with Crippen molar-refractivity contribution in [3.8, 4) is 0 Å². The summed E-state index contributed by atoms with van der Waals surface area (Å²) in [4.78, 5) is 11.1. The van der Waals surface area contributed by atoms with E-state index < -0.39 is 0 Å². The van der Waals surface area contributed by atoms with Gasteiger partial charge in [-0.3, -0.25) is 9.48 Å². The third-order valence-electron chi connectivity index (χ3n) is 2.15. The van der Waals surface area contributed by atoms with Crippen LogP contribution < -0.4 is 5.73 Å². The predicted molar refractivity (Wildman–Crippen MR) is 58.5 cm³/mol. The lowest BCUT2D eigenvalue weighted by atomic mass is 10.1. The van der Waals surface area contributed by atoms with Gasteiger partial charge in [-0.25, -0.2) is 0 Å². The Kier molecular flexibility index (Phi) is 4.91. The average Bonchev–Trinajstić information content (AvgIpc) is 2.61. The molecule has 1 aromatic heterocycles. The first-order chi connectivity index (χ1) is 7.61. The highest BCUT2D eigenvalue weighted by Gasteiger charge is 2.10. The molecule has 2 N–H and O–H groups in total. The maximum absolute atomic E-state index is 11.1. The summed E-state index contributed by atoms with van der Waals surface area (Å²) in [6.45, 7) is 2.20. The molecule has 0 aliphatic carbocycles. The number of carbonyl (C=O) groups excluding carboxylic acids is 1. The van der Waals surface area contributed by atoms with Crippen molar-refractivity contribution in [2.24, 2.45) is 12.8 Å². The first kappa shape index (κ1) is 12.6. The number of ether oxygens (including phenoxy) is 1. The van der Waals surface area contributed by atoms with E-state index in [9.17, 15) is 4.79 Å². The van der Waals surface area contributed by atoms with Gasteiger partial charge in [0, 0.05) is 32.1 Å². The van der Waals surface area contributed by atoms with Crippen LogP contribution in [0.3, 0.4) is 0 Å². The maximum atomic E-state index is 11.1. The second-order valence-electron chi connectivity index (χ2n) is 3.69. The van der Waals surface area contributed by atoms with Crippen LogP contribution in [0.5, 0.6) is 0 Å². The highest BCUT2D eigenvalue weighted by molar-refractivity contribution is 5.69. The Bertz CT molecular complexity index is 337. The first-order valence-corrected chi connectivity index (χ1v) is 5.38. The van der Waals surface area contributed by atoms with E-state index in [1.54, 1.807) is 18.7 Å². The summed E-state index contributed by atoms with van der Waals surface area (Å²) in [5.74, 6) is -0.197. The van der Waals surface area contributed by atoms with Gasteiger partial charge in [0.05, 0.1) is 12.3 Å². The first-order valence-electron chi connectivity index (χ1n) is 5.38. The van der Waals surface area contributed by atoms with Crippen molar-refractivity contribution in [1.29, 1.82) is 0 Å². The van der Waals surface area contributed by atoms with Crippen LogP contribution in [0.4, 0.5) is 0 Å². The third-order valence-corrected chi connectivity index (χ3v) is 2.15. The lowest BCUT2D eigenvalue weighted by Gasteiger charge is -2.08. The van der Waals surface area contributed by atoms with Gasteiger partial charge >= 0.3 is 5.97 Å². The minimum Gasteiger partial charge on any atom is -0.466 e. The van der Waals surface area contributed by atoms with Crippen LogP contribution in [0.2, 0.25) is 0 Å². The fourth-order valence-corrected chi connectivity index (χ4v) is 1.40. The van der Waals surface area contributed by atoms with E-state index in [1.807, 2.05) is 6.20 Å². The van der Waals surface area contributed by atoms with Crippen molar-refractivity contribution in [3.05, 3.63) is 11.9 Å². The molecule has 0 fully saturated rings. The molecule has 16 heavy (non-hydrogen) atoms. The molecule has 0 aromatic carbocycles. The lowest BCUT2D eigenvalue weighted by Crippen LogP contribution is -2.24. The molecule has 0 aliphatic rings. The Balaban J connectivity index is 2.25. The third kappa shape index (κ3) is 4.39. The number of nitrogens with two attached hydrogens (primary N) is 1. The number of rotatable bonds is 6. The van der Waals surface area contributed by atoms with E-state index in [-0.39, 0.29) is 12.0 Å². The van der Waals surface area contributed by atoms with Crippen LogP contribution in [0.25, 0.3) is 0 Å². The fraction of sp³-hybridized carbons (Fsp3) is 0.700. The summed E-state index contributed by atoms with van der Waals surface area (Å²) >= 11 is 0. The van der Waals surface area contributed by atoms with Crippen molar-refractivity contribution in [3.63, 3.8) is 0 Å².